The molecule has 0 saturated carbocycles. The Hall–Kier alpha value is -3.13. The summed E-state index contributed by atoms with van der Waals surface area (Å²) in [6.07, 6.45) is -8.46. The lowest BCUT2D eigenvalue weighted by Crippen LogP contribution is -2.62. The molecule has 2 aromatic rings. The second-order valence-electron chi connectivity index (χ2n) is 7.80. The van der Waals surface area contributed by atoms with E-state index in [0.29, 0.717) is 0 Å². The van der Waals surface area contributed by atoms with Crippen LogP contribution in [0.4, 0.5) is 0 Å². The molecule has 2 aromatic carbocycles. The van der Waals surface area contributed by atoms with Crippen molar-refractivity contribution in [3.05, 3.63) is 41.5 Å². The molecule has 33 heavy (non-hydrogen) atoms. The molecule has 1 saturated heterocycles. The number of benzene rings is 2. The van der Waals surface area contributed by atoms with Gasteiger partial charge in [0.15, 0.2) is 23.4 Å². The monoisotopic (exact) mass is 466 g/mol. The summed E-state index contributed by atoms with van der Waals surface area (Å²) in [7, 11) is 0. The molecule has 8 N–H and O–H groups in total. The molecule has 4 rings (SSSR count). The summed E-state index contributed by atoms with van der Waals surface area (Å²) >= 11 is 0. The van der Waals surface area contributed by atoms with Gasteiger partial charge in [0.25, 0.3) is 0 Å². The van der Waals surface area contributed by atoms with Crippen molar-refractivity contribution in [2.75, 3.05) is 13.2 Å². The van der Waals surface area contributed by atoms with E-state index in [2.05, 4.69) is 0 Å². The number of aromatic hydroxyl groups is 4. The SMILES string of the molecule is O=C1c2c(O)cc(O)cc2OCC1(O[C@@H]1O[C@H](CO)[C@@H](O)[C@H](O)[C@H]1O)c1ccc(O)c(O)c1. The van der Waals surface area contributed by atoms with Crippen molar-refractivity contribution >= 4 is 5.78 Å². The quantitative estimate of drug-likeness (QED) is 0.250. The molecular formula is C21H22O12. The zero-order valence-corrected chi connectivity index (χ0v) is 16.9. The van der Waals surface area contributed by atoms with E-state index in [0.717, 1.165) is 24.3 Å². The van der Waals surface area contributed by atoms with Gasteiger partial charge in [-0.1, -0.05) is 6.07 Å². The minimum absolute atomic E-state index is 0.0714. The minimum Gasteiger partial charge on any atom is -0.508 e. The van der Waals surface area contributed by atoms with E-state index in [1.54, 1.807) is 0 Å². The lowest BCUT2D eigenvalue weighted by Gasteiger charge is -2.45. The number of hydrogen-bond acceptors (Lipinski definition) is 12. The van der Waals surface area contributed by atoms with Crippen LogP contribution in [0.1, 0.15) is 15.9 Å². The van der Waals surface area contributed by atoms with Crippen LogP contribution >= 0.6 is 0 Å². The first-order valence-corrected chi connectivity index (χ1v) is 9.83. The zero-order chi connectivity index (χ0) is 24.1. The fourth-order valence-electron chi connectivity index (χ4n) is 3.88. The Morgan fingerprint density at radius 2 is 1.67 bits per heavy atom. The Labute approximate surface area is 186 Å². The van der Waals surface area contributed by atoms with Gasteiger partial charge >= 0.3 is 0 Å². The Bertz CT molecular complexity index is 1070. The van der Waals surface area contributed by atoms with E-state index in [1.165, 1.54) is 6.07 Å². The lowest BCUT2D eigenvalue weighted by molar-refractivity contribution is -0.324. The van der Waals surface area contributed by atoms with Crippen LogP contribution in [0, 0.1) is 0 Å². The van der Waals surface area contributed by atoms with Gasteiger partial charge in [-0.3, -0.25) is 4.79 Å². The molecule has 0 radical (unpaired) electrons. The minimum atomic E-state index is -2.19. The summed E-state index contributed by atoms with van der Waals surface area (Å²) < 4.78 is 16.8. The third kappa shape index (κ3) is 3.72. The van der Waals surface area contributed by atoms with Gasteiger partial charge in [0.2, 0.25) is 5.78 Å². The molecule has 0 aliphatic carbocycles. The van der Waals surface area contributed by atoms with Gasteiger partial charge in [-0.05, 0) is 17.7 Å². The number of aliphatic hydroxyl groups excluding tert-OH is 4. The molecule has 1 unspecified atom stereocenters. The first-order chi connectivity index (χ1) is 15.6. The summed E-state index contributed by atoms with van der Waals surface area (Å²) in [6, 6.07) is 5.30. The summed E-state index contributed by atoms with van der Waals surface area (Å²) in [6.45, 7) is -1.34. The smallest absolute Gasteiger partial charge is 0.210 e. The van der Waals surface area contributed by atoms with Crippen LogP contribution in [0.25, 0.3) is 0 Å². The third-order valence-electron chi connectivity index (χ3n) is 5.70. The second kappa shape index (κ2) is 8.33. The number of ether oxygens (including phenoxy) is 3. The molecule has 178 valence electrons. The topological polar surface area (TPSA) is 207 Å². The first kappa shape index (κ1) is 23.0. The van der Waals surface area contributed by atoms with Gasteiger partial charge in [0.1, 0.15) is 53.8 Å². The third-order valence-corrected chi connectivity index (χ3v) is 5.70. The molecule has 12 heteroatoms. The molecule has 0 amide bonds. The highest BCUT2D eigenvalue weighted by Crippen LogP contribution is 2.46. The predicted molar refractivity (Wildman–Crippen MR) is 106 cm³/mol. The number of carbonyl (C=O) groups excluding carboxylic acids is 1. The molecule has 0 aromatic heterocycles. The highest BCUT2D eigenvalue weighted by atomic mass is 16.7. The molecule has 0 spiro atoms. The number of rotatable bonds is 4. The van der Waals surface area contributed by atoms with Crippen molar-refractivity contribution in [2.24, 2.45) is 0 Å². The fraction of sp³-hybridized carbons (Fsp3) is 0.381. The van der Waals surface area contributed by atoms with E-state index in [9.17, 15) is 45.6 Å². The maximum Gasteiger partial charge on any atom is 0.210 e. The number of phenols is 4. The molecule has 0 bridgehead atoms. The Morgan fingerprint density at radius 1 is 0.939 bits per heavy atom. The van der Waals surface area contributed by atoms with Crippen LogP contribution < -0.4 is 4.74 Å². The van der Waals surface area contributed by atoms with Gasteiger partial charge in [0, 0.05) is 12.1 Å². The highest BCUT2D eigenvalue weighted by molar-refractivity contribution is 6.08. The number of Topliss-reactive ketones (excluding diaryl/α,β-unsaturated/α-hetero) is 1. The number of aliphatic hydroxyl groups is 4. The van der Waals surface area contributed by atoms with E-state index < -0.39 is 72.6 Å². The zero-order valence-electron chi connectivity index (χ0n) is 16.9. The van der Waals surface area contributed by atoms with Crippen LogP contribution in [-0.4, -0.2) is 90.6 Å². The Morgan fingerprint density at radius 3 is 2.33 bits per heavy atom. The Balaban J connectivity index is 1.83. The maximum absolute atomic E-state index is 13.7. The van der Waals surface area contributed by atoms with Crippen LogP contribution in [0.3, 0.4) is 0 Å². The van der Waals surface area contributed by atoms with Gasteiger partial charge in [0.05, 0.1) is 6.61 Å². The van der Waals surface area contributed by atoms with Crippen molar-refractivity contribution in [1.82, 2.24) is 0 Å². The van der Waals surface area contributed by atoms with Gasteiger partial charge in [-0.25, -0.2) is 0 Å². The van der Waals surface area contributed by atoms with Crippen molar-refractivity contribution in [3.63, 3.8) is 0 Å². The standard InChI is InChI=1S/C21H22O12/c22-6-14-16(27)17(28)18(29)20(32-14)33-21(8-1-2-10(24)11(25)3-8)7-31-13-5-9(23)4-12(26)15(13)19(21)30/h1-5,14,16-18,20,22-29H,6-7H2/t14-,16-,17+,18-,20+,21?/m1/s1. The fourth-order valence-corrected chi connectivity index (χ4v) is 3.88. The summed E-state index contributed by atoms with van der Waals surface area (Å²) in [5.41, 5.74) is -2.64. The molecule has 6 atom stereocenters. The van der Waals surface area contributed by atoms with Crippen LogP contribution in [0.5, 0.6) is 28.7 Å². The van der Waals surface area contributed by atoms with E-state index >= 15 is 0 Å². The molecule has 2 heterocycles. The predicted octanol–water partition coefficient (Wildman–Crippen LogP) is -1.20. The van der Waals surface area contributed by atoms with Crippen LogP contribution in [-0.2, 0) is 15.1 Å². The number of phenolic OH excluding ortho intramolecular Hbond substituents is 4. The van der Waals surface area contributed by atoms with E-state index in [1.807, 2.05) is 0 Å². The summed E-state index contributed by atoms with van der Waals surface area (Å²) in [4.78, 5) is 13.7. The summed E-state index contributed by atoms with van der Waals surface area (Å²) in [5, 5.41) is 79.7. The van der Waals surface area contributed by atoms with Gasteiger partial charge in [-0.2, -0.15) is 0 Å². The molecule has 1 fully saturated rings. The van der Waals surface area contributed by atoms with E-state index in [4.69, 9.17) is 14.2 Å². The lowest BCUT2D eigenvalue weighted by atomic mass is 9.83. The average Bonchev–Trinajstić information content (AvgIpc) is 2.77. The number of fused-ring (bicyclic) bond motifs is 1. The number of carbonyl (C=O) groups is 1. The second-order valence-corrected chi connectivity index (χ2v) is 7.80. The largest absolute Gasteiger partial charge is 0.508 e. The van der Waals surface area contributed by atoms with Crippen molar-refractivity contribution in [1.29, 1.82) is 0 Å². The summed E-state index contributed by atoms with van der Waals surface area (Å²) in [5.74, 6) is -3.20. The first-order valence-electron chi connectivity index (χ1n) is 9.83. The highest BCUT2D eigenvalue weighted by Gasteiger charge is 2.54. The van der Waals surface area contributed by atoms with Crippen molar-refractivity contribution in [2.45, 2.75) is 36.3 Å². The van der Waals surface area contributed by atoms with Gasteiger partial charge in [-0.15, -0.1) is 0 Å². The Kier molecular flexibility index (Phi) is 5.82. The molecule has 12 nitrogen and oxygen atoms in total. The van der Waals surface area contributed by atoms with Gasteiger partial charge < -0.3 is 55.1 Å². The number of hydrogen-bond donors (Lipinski definition) is 8. The van der Waals surface area contributed by atoms with Crippen LogP contribution in [0.2, 0.25) is 0 Å². The van der Waals surface area contributed by atoms with Crippen molar-refractivity contribution < 1.29 is 59.9 Å². The normalized spacial score (nSPS) is 31.6. The number of ketones is 1. The van der Waals surface area contributed by atoms with Crippen molar-refractivity contribution in [3.8, 4) is 28.7 Å². The van der Waals surface area contributed by atoms with Crippen LogP contribution in [0.15, 0.2) is 30.3 Å². The molecule has 2 aliphatic heterocycles. The average molecular weight is 466 g/mol. The maximum atomic E-state index is 13.7. The molecular weight excluding hydrogens is 444 g/mol. The molecule has 2 aliphatic rings. The van der Waals surface area contributed by atoms with E-state index in [-0.39, 0.29) is 22.6 Å².